The molecule has 0 unspecified atom stereocenters. The molecule has 2 N–H and O–H groups in total. The number of aromatic nitrogens is 2. The Morgan fingerprint density at radius 2 is 2.08 bits per heavy atom. The number of anilines is 1. The number of alkyl halides is 2. The summed E-state index contributed by atoms with van der Waals surface area (Å²) >= 11 is 0. The van der Waals surface area contributed by atoms with Crippen molar-refractivity contribution >= 4 is 22.6 Å². The summed E-state index contributed by atoms with van der Waals surface area (Å²) in [6, 6.07) is 3.07. The number of halogens is 2. The van der Waals surface area contributed by atoms with Gasteiger partial charge in [0.05, 0.1) is 24.1 Å². The highest BCUT2D eigenvalue weighted by atomic mass is 19.3. The molecule has 5 nitrogen and oxygen atoms in total. The van der Waals surface area contributed by atoms with Crippen molar-refractivity contribution in [3.63, 3.8) is 0 Å². The van der Waals surface area contributed by atoms with Crippen molar-refractivity contribution in [3.8, 4) is 0 Å². The van der Waals surface area contributed by atoms with Crippen LogP contribution in [0.25, 0.3) is 10.9 Å². The standard InChI is InChI=1S/C17H21F2N3O2/c1-2-24-17(23)10-3-5-12(6-4-10)22-9-11-7-14(20)13(16(18)19)8-15(11)21-22/h7-10,12,16H,2-6,20H2,1H3/t10-,12-. The van der Waals surface area contributed by atoms with E-state index in [2.05, 4.69) is 5.10 Å². The third kappa shape index (κ3) is 3.20. The molecule has 0 atom stereocenters. The predicted octanol–water partition coefficient (Wildman–Crippen LogP) is 3.85. The number of nitrogen functional groups attached to an aromatic ring is 1. The lowest BCUT2D eigenvalue weighted by Crippen LogP contribution is -2.25. The van der Waals surface area contributed by atoms with Crippen LogP contribution in [0, 0.1) is 5.92 Å². The van der Waals surface area contributed by atoms with Gasteiger partial charge in [-0.25, -0.2) is 8.78 Å². The largest absolute Gasteiger partial charge is 0.466 e. The van der Waals surface area contributed by atoms with Crippen LogP contribution in [0.4, 0.5) is 14.5 Å². The Bertz CT molecular complexity index is 737. The van der Waals surface area contributed by atoms with Crippen LogP contribution in [0.1, 0.15) is 50.6 Å². The molecule has 130 valence electrons. The molecule has 3 rings (SSSR count). The molecule has 24 heavy (non-hydrogen) atoms. The van der Waals surface area contributed by atoms with Crippen LogP contribution in [-0.2, 0) is 9.53 Å². The summed E-state index contributed by atoms with van der Waals surface area (Å²) in [5.74, 6) is -0.178. The van der Waals surface area contributed by atoms with Crippen LogP contribution in [0.3, 0.4) is 0 Å². The minimum Gasteiger partial charge on any atom is -0.466 e. The SMILES string of the molecule is CCOC(=O)[C@H]1CC[C@H](n2cc3cc(N)c(C(F)F)cc3n2)CC1. The lowest BCUT2D eigenvalue weighted by atomic mass is 9.86. The molecule has 1 saturated carbocycles. The maximum absolute atomic E-state index is 12.9. The predicted molar refractivity (Wildman–Crippen MR) is 86.7 cm³/mol. The van der Waals surface area contributed by atoms with Gasteiger partial charge in [0, 0.05) is 22.8 Å². The van der Waals surface area contributed by atoms with E-state index in [1.807, 2.05) is 10.9 Å². The molecule has 2 aromatic rings. The number of rotatable bonds is 4. The third-order valence-corrected chi connectivity index (χ3v) is 4.65. The van der Waals surface area contributed by atoms with Crippen molar-refractivity contribution in [1.29, 1.82) is 0 Å². The van der Waals surface area contributed by atoms with E-state index in [9.17, 15) is 13.6 Å². The molecule has 1 fully saturated rings. The van der Waals surface area contributed by atoms with Gasteiger partial charge in [0.15, 0.2) is 0 Å². The molecule has 1 aromatic carbocycles. The second-order valence-electron chi connectivity index (χ2n) is 6.21. The molecule has 1 aliphatic rings. The molecule has 0 aliphatic heterocycles. The molecule has 0 amide bonds. The Morgan fingerprint density at radius 1 is 1.38 bits per heavy atom. The van der Waals surface area contributed by atoms with E-state index < -0.39 is 6.43 Å². The van der Waals surface area contributed by atoms with Crippen molar-refractivity contribution < 1.29 is 18.3 Å². The number of hydrogen-bond donors (Lipinski definition) is 1. The van der Waals surface area contributed by atoms with Gasteiger partial charge in [0.25, 0.3) is 6.43 Å². The third-order valence-electron chi connectivity index (χ3n) is 4.65. The molecule has 1 aromatic heterocycles. The normalized spacial score (nSPS) is 21.3. The number of nitrogens with zero attached hydrogens (tertiary/aromatic N) is 2. The maximum atomic E-state index is 12.9. The van der Waals surface area contributed by atoms with Crippen LogP contribution in [0.5, 0.6) is 0 Å². The zero-order chi connectivity index (χ0) is 17.3. The lowest BCUT2D eigenvalue weighted by molar-refractivity contribution is -0.149. The van der Waals surface area contributed by atoms with Crippen molar-refractivity contribution in [3.05, 3.63) is 23.9 Å². The van der Waals surface area contributed by atoms with E-state index in [-0.39, 0.29) is 29.2 Å². The number of esters is 1. The summed E-state index contributed by atoms with van der Waals surface area (Å²) in [5, 5.41) is 5.19. The fourth-order valence-electron chi connectivity index (χ4n) is 3.34. The topological polar surface area (TPSA) is 70.1 Å². The number of nitrogens with two attached hydrogens (primary N) is 1. The van der Waals surface area contributed by atoms with E-state index in [0.717, 1.165) is 31.1 Å². The van der Waals surface area contributed by atoms with Crippen LogP contribution in [0.15, 0.2) is 18.3 Å². The first-order chi connectivity index (χ1) is 11.5. The van der Waals surface area contributed by atoms with Gasteiger partial charge in [0.1, 0.15) is 0 Å². The first-order valence-corrected chi connectivity index (χ1v) is 8.22. The van der Waals surface area contributed by atoms with E-state index in [0.29, 0.717) is 12.1 Å². The van der Waals surface area contributed by atoms with Gasteiger partial charge in [-0.3, -0.25) is 9.48 Å². The Kier molecular flexibility index (Phi) is 4.69. The van der Waals surface area contributed by atoms with Crippen LogP contribution < -0.4 is 5.73 Å². The monoisotopic (exact) mass is 337 g/mol. The molecule has 1 heterocycles. The summed E-state index contributed by atoms with van der Waals surface area (Å²) < 4.78 is 32.8. The molecule has 7 heteroatoms. The maximum Gasteiger partial charge on any atom is 0.308 e. The highest BCUT2D eigenvalue weighted by molar-refractivity contribution is 5.83. The van der Waals surface area contributed by atoms with E-state index >= 15 is 0 Å². The number of fused-ring (bicyclic) bond motifs is 1. The Balaban J connectivity index is 1.75. The van der Waals surface area contributed by atoms with Gasteiger partial charge in [-0.15, -0.1) is 0 Å². The second-order valence-corrected chi connectivity index (χ2v) is 6.21. The summed E-state index contributed by atoms with van der Waals surface area (Å²) in [6.07, 6.45) is 2.37. The highest BCUT2D eigenvalue weighted by Gasteiger charge is 2.28. The van der Waals surface area contributed by atoms with E-state index in [4.69, 9.17) is 10.5 Å². The average molecular weight is 337 g/mol. The first-order valence-electron chi connectivity index (χ1n) is 8.22. The quantitative estimate of drug-likeness (QED) is 0.679. The molecule has 0 saturated heterocycles. The Labute approximate surface area is 138 Å². The molecule has 0 radical (unpaired) electrons. The van der Waals surface area contributed by atoms with Crippen molar-refractivity contribution in [2.45, 2.75) is 45.1 Å². The Hall–Kier alpha value is -2.18. The average Bonchev–Trinajstić information content (AvgIpc) is 2.97. The van der Waals surface area contributed by atoms with Gasteiger partial charge < -0.3 is 10.5 Å². The molecule has 0 bridgehead atoms. The molecule has 0 spiro atoms. The first kappa shape index (κ1) is 16.7. The highest BCUT2D eigenvalue weighted by Crippen LogP contribution is 2.34. The van der Waals surface area contributed by atoms with Gasteiger partial charge in [0.2, 0.25) is 0 Å². The zero-order valence-electron chi connectivity index (χ0n) is 13.5. The van der Waals surface area contributed by atoms with E-state index in [1.54, 1.807) is 13.0 Å². The molecule has 1 aliphatic carbocycles. The van der Waals surface area contributed by atoms with Crippen molar-refractivity contribution in [2.24, 2.45) is 5.92 Å². The van der Waals surface area contributed by atoms with Crippen LogP contribution in [0.2, 0.25) is 0 Å². The smallest absolute Gasteiger partial charge is 0.308 e. The molecular weight excluding hydrogens is 316 g/mol. The summed E-state index contributed by atoms with van der Waals surface area (Å²) in [7, 11) is 0. The number of benzene rings is 1. The lowest BCUT2D eigenvalue weighted by Gasteiger charge is -2.27. The fraction of sp³-hybridized carbons (Fsp3) is 0.529. The Morgan fingerprint density at radius 3 is 2.71 bits per heavy atom. The van der Waals surface area contributed by atoms with Gasteiger partial charge in [-0.1, -0.05) is 0 Å². The number of ether oxygens (including phenoxy) is 1. The van der Waals surface area contributed by atoms with Crippen LogP contribution >= 0.6 is 0 Å². The zero-order valence-corrected chi connectivity index (χ0v) is 13.5. The minimum atomic E-state index is -2.61. The van der Waals surface area contributed by atoms with Gasteiger partial charge in [-0.05, 0) is 44.7 Å². The van der Waals surface area contributed by atoms with Crippen LogP contribution in [-0.4, -0.2) is 22.4 Å². The van der Waals surface area contributed by atoms with Gasteiger partial charge in [-0.2, -0.15) is 5.10 Å². The van der Waals surface area contributed by atoms with Crippen molar-refractivity contribution in [2.75, 3.05) is 12.3 Å². The fourth-order valence-corrected chi connectivity index (χ4v) is 3.34. The summed E-state index contributed by atoms with van der Waals surface area (Å²) in [6.45, 7) is 2.20. The number of hydrogen-bond acceptors (Lipinski definition) is 4. The number of carbonyl (C=O) groups excluding carboxylic acids is 1. The second kappa shape index (κ2) is 6.75. The summed E-state index contributed by atoms with van der Waals surface area (Å²) in [5.41, 5.74) is 6.11. The summed E-state index contributed by atoms with van der Waals surface area (Å²) in [4.78, 5) is 11.8. The minimum absolute atomic E-state index is 0.0488. The van der Waals surface area contributed by atoms with Crippen molar-refractivity contribution in [1.82, 2.24) is 9.78 Å². The van der Waals surface area contributed by atoms with E-state index in [1.165, 1.54) is 6.07 Å². The number of carbonyl (C=O) groups is 1. The van der Waals surface area contributed by atoms with Gasteiger partial charge >= 0.3 is 5.97 Å². The molecular formula is C17H21F2N3O2.